The largest absolute Gasteiger partial charge is 0.397 e. The number of nitrogens with one attached hydrogen (secondary N) is 1. The highest BCUT2D eigenvalue weighted by Crippen LogP contribution is 2.27. The summed E-state index contributed by atoms with van der Waals surface area (Å²) in [6.45, 7) is 7.85. The summed E-state index contributed by atoms with van der Waals surface area (Å²) in [6.07, 6.45) is 0. The van der Waals surface area contributed by atoms with E-state index < -0.39 is 0 Å². The zero-order valence-corrected chi connectivity index (χ0v) is 12.4. The van der Waals surface area contributed by atoms with Crippen molar-refractivity contribution in [2.24, 2.45) is 0 Å². The Morgan fingerprint density at radius 1 is 0.950 bits per heavy atom. The van der Waals surface area contributed by atoms with Crippen LogP contribution in [0.3, 0.4) is 0 Å². The maximum atomic E-state index is 12.5. The summed E-state index contributed by atoms with van der Waals surface area (Å²) in [7, 11) is 0. The van der Waals surface area contributed by atoms with Gasteiger partial charge in [-0.2, -0.15) is 0 Å². The van der Waals surface area contributed by atoms with Crippen molar-refractivity contribution in [2.45, 2.75) is 27.7 Å². The minimum Gasteiger partial charge on any atom is -0.397 e. The van der Waals surface area contributed by atoms with Crippen LogP contribution in [0.15, 0.2) is 30.3 Å². The van der Waals surface area contributed by atoms with E-state index in [0.717, 1.165) is 22.3 Å². The molecule has 0 spiro atoms. The number of carbonyl (C=O) groups excluding carboxylic acids is 1. The normalized spacial score (nSPS) is 10.4. The molecule has 0 radical (unpaired) electrons. The summed E-state index contributed by atoms with van der Waals surface area (Å²) in [5.41, 5.74) is 12.0. The molecule has 0 saturated carbocycles. The van der Waals surface area contributed by atoms with Gasteiger partial charge in [0.15, 0.2) is 0 Å². The molecule has 0 unspecified atom stereocenters. The van der Waals surface area contributed by atoms with E-state index in [1.807, 2.05) is 58.0 Å². The SMILES string of the molecule is Cc1ccc(N)c(NC(=O)c2c(C)cccc2C)c1C. The van der Waals surface area contributed by atoms with Crippen molar-refractivity contribution in [1.29, 1.82) is 0 Å². The summed E-state index contributed by atoms with van der Waals surface area (Å²) < 4.78 is 0. The highest BCUT2D eigenvalue weighted by atomic mass is 16.1. The Hall–Kier alpha value is -2.29. The number of nitrogen functional groups attached to an aromatic ring is 1. The van der Waals surface area contributed by atoms with Crippen molar-refractivity contribution in [1.82, 2.24) is 0 Å². The zero-order valence-electron chi connectivity index (χ0n) is 12.4. The first-order chi connectivity index (χ1) is 9.41. The van der Waals surface area contributed by atoms with E-state index in [0.29, 0.717) is 16.9 Å². The van der Waals surface area contributed by atoms with Crippen LogP contribution < -0.4 is 11.1 Å². The smallest absolute Gasteiger partial charge is 0.256 e. The number of hydrogen-bond acceptors (Lipinski definition) is 2. The predicted octanol–water partition coefficient (Wildman–Crippen LogP) is 3.75. The lowest BCUT2D eigenvalue weighted by Gasteiger charge is -2.15. The molecule has 104 valence electrons. The molecule has 0 saturated heterocycles. The standard InChI is InChI=1S/C17H20N2O/c1-10-8-9-14(18)16(13(10)4)19-17(20)15-11(2)6-5-7-12(15)3/h5-9H,18H2,1-4H3,(H,19,20). The van der Waals surface area contributed by atoms with Gasteiger partial charge in [-0.05, 0) is 56.0 Å². The Morgan fingerprint density at radius 3 is 2.15 bits per heavy atom. The zero-order chi connectivity index (χ0) is 14.9. The summed E-state index contributed by atoms with van der Waals surface area (Å²) in [5.74, 6) is -0.110. The Labute approximate surface area is 119 Å². The van der Waals surface area contributed by atoms with Gasteiger partial charge in [0, 0.05) is 5.56 Å². The highest BCUT2D eigenvalue weighted by molar-refractivity contribution is 6.08. The molecular weight excluding hydrogens is 248 g/mol. The van der Waals surface area contributed by atoms with Gasteiger partial charge < -0.3 is 11.1 Å². The van der Waals surface area contributed by atoms with E-state index in [1.54, 1.807) is 0 Å². The van der Waals surface area contributed by atoms with Gasteiger partial charge in [-0.15, -0.1) is 0 Å². The molecule has 0 bridgehead atoms. The van der Waals surface area contributed by atoms with Gasteiger partial charge in [0.1, 0.15) is 0 Å². The molecule has 0 aromatic heterocycles. The number of benzene rings is 2. The molecule has 2 rings (SSSR count). The topological polar surface area (TPSA) is 55.1 Å². The van der Waals surface area contributed by atoms with E-state index in [2.05, 4.69) is 5.32 Å². The van der Waals surface area contributed by atoms with Crippen molar-refractivity contribution in [3.05, 3.63) is 58.1 Å². The van der Waals surface area contributed by atoms with Crippen LogP contribution in [0.2, 0.25) is 0 Å². The van der Waals surface area contributed by atoms with E-state index in [-0.39, 0.29) is 5.91 Å². The lowest BCUT2D eigenvalue weighted by Crippen LogP contribution is -2.17. The lowest BCUT2D eigenvalue weighted by atomic mass is 10.0. The minimum atomic E-state index is -0.110. The molecule has 0 aliphatic heterocycles. The number of hydrogen-bond donors (Lipinski definition) is 2. The molecule has 1 amide bonds. The van der Waals surface area contributed by atoms with Gasteiger partial charge in [-0.3, -0.25) is 4.79 Å². The van der Waals surface area contributed by atoms with Gasteiger partial charge in [-0.25, -0.2) is 0 Å². The van der Waals surface area contributed by atoms with Crippen LogP contribution in [0.25, 0.3) is 0 Å². The fraction of sp³-hybridized carbons (Fsp3) is 0.235. The van der Waals surface area contributed by atoms with Crippen LogP contribution in [0.4, 0.5) is 11.4 Å². The average Bonchev–Trinajstić information content (AvgIpc) is 2.39. The van der Waals surface area contributed by atoms with E-state index in [9.17, 15) is 4.79 Å². The fourth-order valence-corrected chi connectivity index (χ4v) is 2.35. The predicted molar refractivity (Wildman–Crippen MR) is 84.2 cm³/mol. The molecule has 0 aliphatic carbocycles. The first-order valence-electron chi connectivity index (χ1n) is 6.65. The Bertz CT molecular complexity index is 655. The third-order valence-corrected chi connectivity index (χ3v) is 3.71. The van der Waals surface area contributed by atoms with Crippen molar-refractivity contribution in [2.75, 3.05) is 11.1 Å². The number of anilines is 2. The van der Waals surface area contributed by atoms with Crippen molar-refractivity contribution < 1.29 is 4.79 Å². The van der Waals surface area contributed by atoms with Crippen LogP contribution >= 0.6 is 0 Å². The van der Waals surface area contributed by atoms with Crippen molar-refractivity contribution in [3.63, 3.8) is 0 Å². The molecule has 2 aromatic rings. The van der Waals surface area contributed by atoms with Crippen molar-refractivity contribution in [3.8, 4) is 0 Å². The number of amides is 1. The minimum absolute atomic E-state index is 0.110. The Morgan fingerprint density at radius 2 is 1.55 bits per heavy atom. The van der Waals surface area contributed by atoms with Gasteiger partial charge in [0.2, 0.25) is 0 Å². The molecule has 20 heavy (non-hydrogen) atoms. The molecular formula is C17H20N2O. The van der Waals surface area contributed by atoms with Crippen LogP contribution in [0, 0.1) is 27.7 Å². The molecule has 0 aliphatic rings. The van der Waals surface area contributed by atoms with Crippen LogP contribution in [-0.2, 0) is 0 Å². The van der Waals surface area contributed by atoms with E-state index in [1.165, 1.54) is 0 Å². The maximum Gasteiger partial charge on any atom is 0.256 e. The van der Waals surface area contributed by atoms with Gasteiger partial charge in [0.25, 0.3) is 5.91 Å². The second kappa shape index (κ2) is 5.37. The molecule has 3 N–H and O–H groups in total. The van der Waals surface area contributed by atoms with Crippen LogP contribution in [0.1, 0.15) is 32.6 Å². The number of aryl methyl sites for hydroxylation is 3. The van der Waals surface area contributed by atoms with Crippen LogP contribution in [-0.4, -0.2) is 5.91 Å². The second-order valence-corrected chi connectivity index (χ2v) is 5.19. The molecule has 3 nitrogen and oxygen atoms in total. The van der Waals surface area contributed by atoms with E-state index >= 15 is 0 Å². The van der Waals surface area contributed by atoms with Gasteiger partial charge in [-0.1, -0.05) is 24.3 Å². The van der Waals surface area contributed by atoms with E-state index in [4.69, 9.17) is 5.73 Å². The first-order valence-corrected chi connectivity index (χ1v) is 6.65. The molecule has 3 heteroatoms. The molecule has 0 heterocycles. The average molecular weight is 268 g/mol. The highest BCUT2D eigenvalue weighted by Gasteiger charge is 2.15. The van der Waals surface area contributed by atoms with Crippen LogP contribution in [0.5, 0.6) is 0 Å². The summed E-state index contributed by atoms with van der Waals surface area (Å²) in [6, 6.07) is 9.61. The molecule has 0 fully saturated rings. The molecule has 2 aromatic carbocycles. The van der Waals surface area contributed by atoms with Gasteiger partial charge in [0.05, 0.1) is 11.4 Å². The third kappa shape index (κ3) is 2.52. The summed E-state index contributed by atoms with van der Waals surface area (Å²) in [5, 5.41) is 2.95. The fourth-order valence-electron chi connectivity index (χ4n) is 2.35. The number of rotatable bonds is 2. The first kappa shape index (κ1) is 14.1. The maximum absolute atomic E-state index is 12.5. The second-order valence-electron chi connectivity index (χ2n) is 5.19. The Balaban J connectivity index is 2.41. The number of nitrogens with two attached hydrogens (primary N) is 1. The quantitative estimate of drug-likeness (QED) is 0.815. The third-order valence-electron chi connectivity index (χ3n) is 3.71. The molecule has 0 atom stereocenters. The van der Waals surface area contributed by atoms with Gasteiger partial charge >= 0.3 is 0 Å². The number of carbonyl (C=O) groups is 1. The van der Waals surface area contributed by atoms with Crippen molar-refractivity contribution >= 4 is 17.3 Å². The monoisotopic (exact) mass is 268 g/mol. The summed E-state index contributed by atoms with van der Waals surface area (Å²) in [4.78, 5) is 12.5. The Kier molecular flexibility index (Phi) is 3.79. The summed E-state index contributed by atoms with van der Waals surface area (Å²) >= 11 is 0. The lowest BCUT2D eigenvalue weighted by molar-refractivity contribution is 0.102.